The molecule has 30 heavy (non-hydrogen) atoms. The highest BCUT2D eigenvalue weighted by molar-refractivity contribution is 5.86. The lowest BCUT2D eigenvalue weighted by Crippen LogP contribution is -2.26. The van der Waals surface area contributed by atoms with Crippen LogP contribution < -0.4 is 4.74 Å². The highest BCUT2D eigenvalue weighted by Gasteiger charge is 2.35. The van der Waals surface area contributed by atoms with E-state index < -0.39 is 16.8 Å². The fourth-order valence-electron chi connectivity index (χ4n) is 3.65. The van der Waals surface area contributed by atoms with Crippen LogP contribution in [0.4, 0.5) is 5.69 Å². The number of fused-ring (bicyclic) bond motifs is 1. The zero-order chi connectivity index (χ0) is 21.1. The zero-order valence-electron chi connectivity index (χ0n) is 16.1. The number of non-ortho nitro benzene ring substituents is 1. The molecule has 9 nitrogen and oxygen atoms in total. The summed E-state index contributed by atoms with van der Waals surface area (Å²) in [4.78, 5) is 37.1. The van der Waals surface area contributed by atoms with Crippen LogP contribution in [0.25, 0.3) is 0 Å². The molecule has 4 rings (SSSR count). The third kappa shape index (κ3) is 4.25. The molecule has 1 amide bonds. The molecule has 2 aromatic carbocycles. The number of hydrogen-bond donors (Lipinski definition) is 0. The van der Waals surface area contributed by atoms with Crippen molar-refractivity contribution >= 4 is 17.6 Å². The van der Waals surface area contributed by atoms with Crippen molar-refractivity contribution in [3.05, 3.63) is 69.3 Å². The lowest BCUT2D eigenvalue weighted by atomic mass is 10.1. The Balaban J connectivity index is 1.41. The maximum absolute atomic E-state index is 12.5. The van der Waals surface area contributed by atoms with E-state index in [1.54, 1.807) is 4.90 Å². The predicted octanol–water partition coefficient (Wildman–Crippen LogP) is 2.55. The molecule has 0 aromatic heterocycles. The van der Waals surface area contributed by atoms with Crippen molar-refractivity contribution in [1.82, 2.24) is 4.90 Å². The molecule has 1 saturated heterocycles. The summed E-state index contributed by atoms with van der Waals surface area (Å²) in [6, 6.07) is 12.3. The van der Waals surface area contributed by atoms with Gasteiger partial charge in [0.15, 0.2) is 6.79 Å². The van der Waals surface area contributed by atoms with Crippen molar-refractivity contribution in [1.29, 1.82) is 0 Å². The van der Waals surface area contributed by atoms with E-state index in [1.807, 2.05) is 30.3 Å². The van der Waals surface area contributed by atoms with Gasteiger partial charge >= 0.3 is 5.97 Å². The molecule has 2 aliphatic heterocycles. The number of hydrogen-bond acceptors (Lipinski definition) is 7. The summed E-state index contributed by atoms with van der Waals surface area (Å²) in [6.07, 6.45) is 0.0864. The van der Waals surface area contributed by atoms with Gasteiger partial charge in [0.2, 0.25) is 5.91 Å². The van der Waals surface area contributed by atoms with Crippen molar-refractivity contribution in [2.45, 2.75) is 26.2 Å². The number of rotatable bonds is 6. The molecule has 1 unspecified atom stereocenters. The Labute approximate surface area is 172 Å². The van der Waals surface area contributed by atoms with Gasteiger partial charge in [-0.3, -0.25) is 19.7 Å². The predicted molar refractivity (Wildman–Crippen MR) is 103 cm³/mol. The monoisotopic (exact) mass is 412 g/mol. The van der Waals surface area contributed by atoms with E-state index in [4.69, 9.17) is 14.2 Å². The second-order valence-corrected chi connectivity index (χ2v) is 7.23. The molecule has 0 spiro atoms. The fourth-order valence-corrected chi connectivity index (χ4v) is 3.65. The second kappa shape index (κ2) is 8.50. The second-order valence-electron chi connectivity index (χ2n) is 7.23. The first kappa shape index (κ1) is 19.8. The van der Waals surface area contributed by atoms with Gasteiger partial charge in [-0.2, -0.15) is 0 Å². The van der Waals surface area contributed by atoms with E-state index in [0.717, 1.165) is 5.56 Å². The van der Waals surface area contributed by atoms with Crippen LogP contribution in [-0.4, -0.2) is 35.0 Å². The number of ether oxygens (including phenoxy) is 3. The molecule has 9 heteroatoms. The Morgan fingerprint density at radius 3 is 2.83 bits per heavy atom. The Kier molecular flexibility index (Phi) is 5.62. The summed E-state index contributed by atoms with van der Waals surface area (Å²) < 4.78 is 16.0. The van der Waals surface area contributed by atoms with Crippen molar-refractivity contribution in [3.63, 3.8) is 0 Å². The van der Waals surface area contributed by atoms with Crippen molar-refractivity contribution in [2.24, 2.45) is 5.92 Å². The number of nitro benzene ring substituents is 1. The summed E-state index contributed by atoms with van der Waals surface area (Å²) in [7, 11) is 0. The van der Waals surface area contributed by atoms with Crippen LogP contribution in [0.15, 0.2) is 42.5 Å². The number of nitro groups is 1. The van der Waals surface area contributed by atoms with E-state index in [0.29, 0.717) is 23.4 Å². The molecule has 0 aliphatic carbocycles. The number of amides is 1. The topological polar surface area (TPSA) is 108 Å². The number of esters is 1. The van der Waals surface area contributed by atoms with Gasteiger partial charge < -0.3 is 19.1 Å². The Bertz CT molecular complexity index is 977. The van der Waals surface area contributed by atoms with Crippen LogP contribution in [0.2, 0.25) is 0 Å². The van der Waals surface area contributed by atoms with Gasteiger partial charge in [-0.1, -0.05) is 30.3 Å². The third-order valence-corrected chi connectivity index (χ3v) is 5.12. The summed E-state index contributed by atoms with van der Waals surface area (Å²) in [5, 5.41) is 11.2. The first-order valence-corrected chi connectivity index (χ1v) is 9.50. The molecule has 0 saturated carbocycles. The molecule has 2 heterocycles. The van der Waals surface area contributed by atoms with Crippen LogP contribution in [-0.2, 0) is 38.8 Å². The summed E-state index contributed by atoms with van der Waals surface area (Å²) in [6.45, 7) is 0.757. The first-order valence-electron chi connectivity index (χ1n) is 9.50. The zero-order valence-corrected chi connectivity index (χ0v) is 16.1. The highest BCUT2D eigenvalue weighted by atomic mass is 16.7. The van der Waals surface area contributed by atoms with Crippen LogP contribution in [0.5, 0.6) is 5.75 Å². The average molecular weight is 412 g/mol. The average Bonchev–Trinajstić information content (AvgIpc) is 3.12. The van der Waals surface area contributed by atoms with Crippen LogP contribution in [0.3, 0.4) is 0 Å². The van der Waals surface area contributed by atoms with E-state index in [9.17, 15) is 19.7 Å². The molecular formula is C21H20N2O7. The molecule has 1 atom stereocenters. The lowest BCUT2D eigenvalue weighted by Gasteiger charge is -2.21. The normalized spacial score (nSPS) is 17.9. The van der Waals surface area contributed by atoms with Crippen molar-refractivity contribution in [2.75, 3.05) is 13.3 Å². The maximum Gasteiger partial charge on any atom is 0.311 e. The van der Waals surface area contributed by atoms with Gasteiger partial charge in [-0.15, -0.1) is 0 Å². The van der Waals surface area contributed by atoms with Crippen molar-refractivity contribution in [3.8, 4) is 5.75 Å². The Morgan fingerprint density at radius 1 is 1.27 bits per heavy atom. The smallest absolute Gasteiger partial charge is 0.311 e. The molecule has 2 aliphatic rings. The molecule has 2 aromatic rings. The van der Waals surface area contributed by atoms with E-state index >= 15 is 0 Å². The van der Waals surface area contributed by atoms with E-state index in [1.165, 1.54) is 12.1 Å². The third-order valence-electron chi connectivity index (χ3n) is 5.12. The van der Waals surface area contributed by atoms with Gasteiger partial charge in [-0.05, 0) is 5.56 Å². The Morgan fingerprint density at radius 2 is 2.07 bits per heavy atom. The summed E-state index contributed by atoms with van der Waals surface area (Å²) >= 11 is 0. The van der Waals surface area contributed by atoms with E-state index in [2.05, 4.69) is 0 Å². The minimum atomic E-state index is -0.569. The SMILES string of the molecule is O=C(OCc1cc([N+](=O)[O-])cc2c1OCOC2)C1CC(=O)N(Cc2ccccc2)C1. The summed E-state index contributed by atoms with van der Waals surface area (Å²) in [5.41, 5.74) is 1.80. The standard InChI is InChI=1S/C21H20N2O7/c24-19-8-15(10-22(19)9-14-4-2-1-3-5-14)21(25)29-12-17-7-18(23(26)27)6-16-11-28-13-30-20(16)17/h1-7,15H,8-13H2. The Hall–Kier alpha value is -3.46. The number of nitrogens with zero attached hydrogens (tertiary/aromatic N) is 2. The van der Waals surface area contributed by atoms with Gasteiger partial charge in [-0.25, -0.2) is 0 Å². The quantitative estimate of drug-likeness (QED) is 0.407. The lowest BCUT2D eigenvalue weighted by molar-refractivity contribution is -0.385. The van der Waals surface area contributed by atoms with Crippen LogP contribution in [0.1, 0.15) is 23.1 Å². The van der Waals surface area contributed by atoms with Crippen LogP contribution in [0, 0.1) is 16.0 Å². The molecule has 0 radical (unpaired) electrons. The molecule has 0 N–H and O–H groups in total. The molecule has 0 bridgehead atoms. The largest absolute Gasteiger partial charge is 0.467 e. The highest BCUT2D eigenvalue weighted by Crippen LogP contribution is 2.33. The molecule has 1 fully saturated rings. The fraction of sp³-hybridized carbons (Fsp3) is 0.333. The first-order chi connectivity index (χ1) is 14.5. The molecule has 156 valence electrons. The van der Waals surface area contributed by atoms with Gasteiger partial charge in [0.05, 0.1) is 17.4 Å². The number of carbonyl (C=O) groups is 2. The van der Waals surface area contributed by atoms with Crippen LogP contribution >= 0.6 is 0 Å². The number of carbonyl (C=O) groups excluding carboxylic acids is 2. The minimum absolute atomic E-state index is 0.0251. The minimum Gasteiger partial charge on any atom is -0.467 e. The van der Waals surface area contributed by atoms with Crippen molar-refractivity contribution < 1.29 is 28.7 Å². The molecular weight excluding hydrogens is 392 g/mol. The number of benzene rings is 2. The van der Waals surface area contributed by atoms with Gasteiger partial charge in [0.1, 0.15) is 12.4 Å². The maximum atomic E-state index is 12.5. The van der Waals surface area contributed by atoms with Gasteiger partial charge in [0, 0.05) is 42.8 Å². The summed E-state index contributed by atoms with van der Waals surface area (Å²) in [5.74, 6) is -0.743. The van der Waals surface area contributed by atoms with Gasteiger partial charge in [0.25, 0.3) is 5.69 Å². The number of likely N-dealkylation sites (tertiary alicyclic amines) is 1. The van der Waals surface area contributed by atoms with E-state index in [-0.39, 0.29) is 44.6 Å².